The predicted molar refractivity (Wildman–Crippen MR) is 65.9 cm³/mol. The third-order valence-corrected chi connectivity index (χ3v) is 2.33. The van der Waals surface area contributed by atoms with Crippen LogP contribution in [0.2, 0.25) is 0 Å². The molecular weight excluding hydrogens is 271 g/mol. The number of hydrazone groups is 1. The van der Waals surface area contributed by atoms with Gasteiger partial charge in [0.05, 0.1) is 6.21 Å². The van der Waals surface area contributed by atoms with Gasteiger partial charge in [-0.2, -0.15) is 18.3 Å². The number of rotatable bonds is 3. The van der Waals surface area contributed by atoms with E-state index in [9.17, 15) is 13.2 Å². The summed E-state index contributed by atoms with van der Waals surface area (Å²) in [7, 11) is 0. The fourth-order valence-electron chi connectivity index (χ4n) is 0.926. The quantitative estimate of drug-likeness (QED) is 0.386. The van der Waals surface area contributed by atoms with Gasteiger partial charge in [0, 0.05) is 4.90 Å². The molecule has 1 aromatic rings. The molecule has 0 spiro atoms. The van der Waals surface area contributed by atoms with Gasteiger partial charge in [-0.05, 0) is 41.7 Å². The molecule has 92 valence electrons. The van der Waals surface area contributed by atoms with E-state index in [0.29, 0.717) is 5.56 Å². The van der Waals surface area contributed by atoms with E-state index < -0.39 is 5.51 Å². The maximum Gasteiger partial charge on any atom is 0.446 e. The fourth-order valence-corrected chi connectivity index (χ4v) is 1.52. The third kappa shape index (κ3) is 6.12. The number of halogens is 3. The summed E-state index contributed by atoms with van der Waals surface area (Å²) < 4.78 is 36.1. The van der Waals surface area contributed by atoms with E-state index in [1.54, 1.807) is 0 Å². The van der Waals surface area contributed by atoms with Crippen molar-refractivity contribution in [3.8, 4) is 0 Å². The van der Waals surface area contributed by atoms with Crippen molar-refractivity contribution in [3.05, 3.63) is 29.8 Å². The molecule has 1 aromatic carbocycles. The highest BCUT2D eigenvalue weighted by atomic mass is 32.2. The second kappa shape index (κ2) is 5.87. The van der Waals surface area contributed by atoms with Crippen molar-refractivity contribution in [2.24, 2.45) is 10.8 Å². The molecule has 0 bridgehead atoms. The van der Waals surface area contributed by atoms with Crippen molar-refractivity contribution < 1.29 is 13.2 Å². The van der Waals surface area contributed by atoms with Gasteiger partial charge in [0.25, 0.3) is 0 Å². The summed E-state index contributed by atoms with van der Waals surface area (Å²) in [6, 6.07) is 5.75. The van der Waals surface area contributed by atoms with Gasteiger partial charge in [0.2, 0.25) is 0 Å². The van der Waals surface area contributed by atoms with Crippen LogP contribution in [0.1, 0.15) is 5.56 Å². The number of hydrogen-bond donors (Lipinski definition) is 2. The Kier molecular flexibility index (Phi) is 4.76. The van der Waals surface area contributed by atoms with Crippen molar-refractivity contribution in [1.82, 2.24) is 5.43 Å². The SMILES string of the molecule is NC(=S)NN=Cc1ccc(SC(F)(F)F)cc1. The van der Waals surface area contributed by atoms with Crippen LogP contribution >= 0.6 is 24.0 Å². The third-order valence-electron chi connectivity index (χ3n) is 1.50. The van der Waals surface area contributed by atoms with Crippen LogP contribution in [0.25, 0.3) is 0 Å². The number of hydrogen-bond acceptors (Lipinski definition) is 3. The number of alkyl halides is 3. The average molecular weight is 279 g/mol. The number of nitrogens with two attached hydrogens (primary N) is 1. The highest BCUT2D eigenvalue weighted by Crippen LogP contribution is 2.36. The summed E-state index contributed by atoms with van der Waals surface area (Å²) in [5.41, 5.74) is 3.83. The lowest BCUT2D eigenvalue weighted by Gasteiger charge is -2.05. The number of nitrogens with zero attached hydrogens (tertiary/aromatic N) is 1. The van der Waals surface area contributed by atoms with Crippen molar-refractivity contribution in [1.29, 1.82) is 0 Å². The molecule has 0 fully saturated rings. The molecule has 0 aliphatic carbocycles. The second-order valence-electron chi connectivity index (χ2n) is 2.85. The Morgan fingerprint density at radius 1 is 1.35 bits per heavy atom. The molecule has 0 heterocycles. The fraction of sp³-hybridized carbons (Fsp3) is 0.111. The lowest BCUT2D eigenvalue weighted by molar-refractivity contribution is -0.0328. The first-order valence-corrected chi connectivity index (χ1v) is 5.53. The molecule has 17 heavy (non-hydrogen) atoms. The molecule has 1 rings (SSSR count). The molecular formula is C9H8F3N3S2. The molecule has 0 radical (unpaired) electrons. The summed E-state index contributed by atoms with van der Waals surface area (Å²) in [4.78, 5) is 0.122. The summed E-state index contributed by atoms with van der Waals surface area (Å²) >= 11 is 4.35. The monoisotopic (exact) mass is 279 g/mol. The minimum absolute atomic E-state index is 0.0190. The maximum absolute atomic E-state index is 12.0. The van der Waals surface area contributed by atoms with Crippen molar-refractivity contribution in [2.75, 3.05) is 0 Å². The minimum atomic E-state index is -4.27. The van der Waals surface area contributed by atoms with Crippen LogP contribution in [0.4, 0.5) is 13.2 Å². The first-order chi connectivity index (χ1) is 7.87. The summed E-state index contributed by atoms with van der Waals surface area (Å²) in [6.45, 7) is 0. The normalized spacial score (nSPS) is 11.7. The van der Waals surface area contributed by atoms with Crippen LogP contribution < -0.4 is 11.2 Å². The Hall–Kier alpha value is -1.28. The molecule has 0 unspecified atom stereocenters. The first-order valence-electron chi connectivity index (χ1n) is 4.31. The highest BCUT2D eigenvalue weighted by Gasteiger charge is 2.28. The molecule has 8 heteroatoms. The average Bonchev–Trinajstić information content (AvgIpc) is 2.18. The Morgan fingerprint density at radius 3 is 2.41 bits per heavy atom. The molecule has 0 saturated heterocycles. The summed E-state index contributed by atoms with van der Waals surface area (Å²) in [5.74, 6) is 0. The molecule has 3 nitrogen and oxygen atoms in total. The van der Waals surface area contributed by atoms with Gasteiger partial charge in [-0.25, -0.2) is 0 Å². The Morgan fingerprint density at radius 2 is 1.94 bits per heavy atom. The Balaban J connectivity index is 2.62. The minimum Gasteiger partial charge on any atom is -0.375 e. The van der Waals surface area contributed by atoms with E-state index >= 15 is 0 Å². The number of thiocarbonyl (C=S) groups is 1. The molecule has 3 N–H and O–H groups in total. The zero-order chi connectivity index (χ0) is 12.9. The van der Waals surface area contributed by atoms with E-state index in [0.717, 1.165) is 0 Å². The highest BCUT2D eigenvalue weighted by molar-refractivity contribution is 8.00. The maximum atomic E-state index is 12.0. The standard InChI is InChI=1S/C9H8F3N3S2/c10-9(11,12)17-7-3-1-6(2-4-7)5-14-15-8(13)16/h1-5H,(H3,13,15,16). The van der Waals surface area contributed by atoms with Gasteiger partial charge in [-0.15, -0.1) is 0 Å². The van der Waals surface area contributed by atoms with Gasteiger partial charge in [0.1, 0.15) is 0 Å². The molecule has 0 aliphatic rings. The van der Waals surface area contributed by atoms with Crippen LogP contribution in [0.15, 0.2) is 34.3 Å². The summed E-state index contributed by atoms with van der Waals surface area (Å²) in [6.07, 6.45) is 1.40. The van der Waals surface area contributed by atoms with Crippen molar-refractivity contribution in [3.63, 3.8) is 0 Å². The van der Waals surface area contributed by atoms with Gasteiger partial charge in [-0.1, -0.05) is 12.1 Å². The molecule has 0 aliphatic heterocycles. The van der Waals surface area contributed by atoms with E-state index in [4.69, 9.17) is 5.73 Å². The largest absolute Gasteiger partial charge is 0.446 e. The van der Waals surface area contributed by atoms with Gasteiger partial charge in [0.15, 0.2) is 5.11 Å². The lowest BCUT2D eigenvalue weighted by atomic mass is 10.2. The zero-order valence-electron chi connectivity index (χ0n) is 8.36. The Labute approximate surface area is 105 Å². The van der Waals surface area contributed by atoms with Gasteiger partial charge < -0.3 is 5.73 Å². The van der Waals surface area contributed by atoms with E-state index in [-0.39, 0.29) is 21.8 Å². The smallest absolute Gasteiger partial charge is 0.375 e. The van der Waals surface area contributed by atoms with Crippen molar-refractivity contribution in [2.45, 2.75) is 10.4 Å². The molecule has 0 atom stereocenters. The predicted octanol–water partition coefficient (Wildman–Crippen LogP) is 2.47. The van der Waals surface area contributed by atoms with Gasteiger partial charge in [-0.3, -0.25) is 5.43 Å². The van der Waals surface area contributed by atoms with Crippen LogP contribution in [0.3, 0.4) is 0 Å². The van der Waals surface area contributed by atoms with Crippen LogP contribution in [-0.2, 0) is 0 Å². The van der Waals surface area contributed by atoms with Crippen LogP contribution in [0, 0.1) is 0 Å². The molecule has 0 amide bonds. The van der Waals surface area contributed by atoms with Gasteiger partial charge >= 0.3 is 5.51 Å². The molecule has 0 aromatic heterocycles. The molecule has 0 saturated carbocycles. The Bertz CT molecular complexity index is 414. The number of benzene rings is 1. The van der Waals surface area contributed by atoms with Crippen LogP contribution in [0.5, 0.6) is 0 Å². The first kappa shape index (κ1) is 13.8. The lowest BCUT2D eigenvalue weighted by Crippen LogP contribution is -2.23. The van der Waals surface area contributed by atoms with E-state index in [1.807, 2.05) is 0 Å². The topological polar surface area (TPSA) is 50.4 Å². The second-order valence-corrected chi connectivity index (χ2v) is 4.43. The van der Waals surface area contributed by atoms with E-state index in [2.05, 4.69) is 22.7 Å². The van der Waals surface area contributed by atoms with Crippen molar-refractivity contribution >= 4 is 35.3 Å². The van der Waals surface area contributed by atoms with Crippen LogP contribution in [-0.4, -0.2) is 16.8 Å². The van der Waals surface area contributed by atoms with E-state index in [1.165, 1.54) is 30.5 Å². The zero-order valence-corrected chi connectivity index (χ0v) is 9.99. The number of thioether (sulfide) groups is 1. The summed E-state index contributed by atoms with van der Waals surface area (Å²) in [5, 5.41) is 3.69. The number of nitrogens with one attached hydrogen (secondary N) is 1.